The zero-order chi connectivity index (χ0) is 19.1. The molecule has 0 amide bonds. The Kier molecular flexibility index (Phi) is 6.37. The first kappa shape index (κ1) is 18.8. The molecule has 3 heteroatoms. The standard InChI is InChI=1S/C24H26O3/c1-25-22-20(15-14-18-10-6-4-7-11-18)17-21(23(26-2)24(22)27-3)16-19-12-8-5-9-13-19/h4-13,17H,14-16H2,1-3H3. The minimum Gasteiger partial charge on any atom is -0.492 e. The lowest BCUT2D eigenvalue weighted by molar-refractivity contribution is 0.320. The minimum absolute atomic E-state index is 0.663. The molecule has 0 radical (unpaired) electrons. The van der Waals surface area contributed by atoms with Gasteiger partial charge < -0.3 is 14.2 Å². The number of hydrogen-bond donors (Lipinski definition) is 0. The second-order valence-corrected chi connectivity index (χ2v) is 6.44. The molecule has 0 N–H and O–H groups in total. The first-order chi connectivity index (χ1) is 13.3. The summed E-state index contributed by atoms with van der Waals surface area (Å²) in [6.07, 6.45) is 2.59. The van der Waals surface area contributed by atoms with E-state index in [1.165, 1.54) is 11.1 Å². The van der Waals surface area contributed by atoms with E-state index in [0.717, 1.165) is 41.9 Å². The lowest BCUT2D eigenvalue weighted by atomic mass is 9.96. The molecule has 3 aromatic carbocycles. The molecule has 0 saturated carbocycles. The van der Waals surface area contributed by atoms with E-state index in [4.69, 9.17) is 14.2 Å². The lowest BCUT2D eigenvalue weighted by Gasteiger charge is -2.19. The van der Waals surface area contributed by atoms with Gasteiger partial charge in [-0.05, 0) is 35.6 Å². The highest BCUT2D eigenvalue weighted by molar-refractivity contribution is 5.61. The third-order valence-corrected chi connectivity index (χ3v) is 4.72. The van der Waals surface area contributed by atoms with Crippen LogP contribution in [0.1, 0.15) is 22.3 Å². The van der Waals surface area contributed by atoms with Crippen LogP contribution in [0.15, 0.2) is 66.7 Å². The van der Waals surface area contributed by atoms with Crippen molar-refractivity contribution >= 4 is 0 Å². The summed E-state index contributed by atoms with van der Waals surface area (Å²) in [5, 5.41) is 0. The van der Waals surface area contributed by atoms with Crippen molar-refractivity contribution in [3.8, 4) is 17.2 Å². The number of rotatable bonds is 8. The quantitative estimate of drug-likeness (QED) is 0.559. The highest BCUT2D eigenvalue weighted by Crippen LogP contribution is 2.43. The second-order valence-electron chi connectivity index (χ2n) is 6.44. The van der Waals surface area contributed by atoms with Crippen LogP contribution in [0.25, 0.3) is 0 Å². The van der Waals surface area contributed by atoms with Gasteiger partial charge in [0.05, 0.1) is 21.3 Å². The molecule has 0 aliphatic carbocycles. The molecule has 0 aliphatic rings. The van der Waals surface area contributed by atoms with E-state index < -0.39 is 0 Å². The molecule has 0 heterocycles. The van der Waals surface area contributed by atoms with Gasteiger partial charge in [-0.25, -0.2) is 0 Å². The van der Waals surface area contributed by atoms with Gasteiger partial charge in [-0.2, -0.15) is 0 Å². The molecule has 0 unspecified atom stereocenters. The molecule has 27 heavy (non-hydrogen) atoms. The van der Waals surface area contributed by atoms with Gasteiger partial charge in [0.2, 0.25) is 5.75 Å². The average molecular weight is 362 g/mol. The van der Waals surface area contributed by atoms with E-state index in [-0.39, 0.29) is 0 Å². The highest BCUT2D eigenvalue weighted by Gasteiger charge is 2.20. The summed E-state index contributed by atoms with van der Waals surface area (Å²) in [6, 6.07) is 23.1. The molecule has 3 rings (SSSR count). The van der Waals surface area contributed by atoms with Crippen LogP contribution >= 0.6 is 0 Å². The molecule has 0 aromatic heterocycles. The Balaban J connectivity index is 1.99. The summed E-state index contributed by atoms with van der Waals surface area (Å²) >= 11 is 0. The Morgan fingerprint density at radius 3 is 1.63 bits per heavy atom. The fourth-order valence-corrected chi connectivity index (χ4v) is 3.43. The third kappa shape index (κ3) is 4.43. The van der Waals surface area contributed by atoms with Gasteiger partial charge in [0.15, 0.2) is 11.5 Å². The lowest BCUT2D eigenvalue weighted by Crippen LogP contribution is -2.04. The number of ether oxygens (including phenoxy) is 3. The topological polar surface area (TPSA) is 27.7 Å². The van der Waals surface area contributed by atoms with Gasteiger partial charge in [-0.1, -0.05) is 60.7 Å². The van der Waals surface area contributed by atoms with Crippen LogP contribution in [0.3, 0.4) is 0 Å². The Hall–Kier alpha value is -2.94. The molecular formula is C24H26O3. The normalized spacial score (nSPS) is 10.5. The van der Waals surface area contributed by atoms with Crippen molar-refractivity contribution in [2.75, 3.05) is 21.3 Å². The van der Waals surface area contributed by atoms with Crippen molar-refractivity contribution in [2.24, 2.45) is 0 Å². The van der Waals surface area contributed by atoms with Gasteiger partial charge in [-0.15, -0.1) is 0 Å². The molecular weight excluding hydrogens is 336 g/mol. The maximum absolute atomic E-state index is 5.70. The molecule has 3 aromatic rings. The fourth-order valence-electron chi connectivity index (χ4n) is 3.43. The van der Waals surface area contributed by atoms with Crippen LogP contribution in [0.2, 0.25) is 0 Å². The second kappa shape index (κ2) is 9.13. The van der Waals surface area contributed by atoms with Gasteiger partial charge >= 0.3 is 0 Å². The zero-order valence-corrected chi connectivity index (χ0v) is 16.2. The summed E-state index contributed by atoms with van der Waals surface area (Å²) in [6.45, 7) is 0. The number of benzene rings is 3. The molecule has 0 saturated heterocycles. The van der Waals surface area contributed by atoms with Crippen molar-refractivity contribution in [1.82, 2.24) is 0 Å². The Morgan fingerprint density at radius 2 is 1.07 bits per heavy atom. The van der Waals surface area contributed by atoms with E-state index in [2.05, 4.69) is 54.6 Å². The van der Waals surface area contributed by atoms with Crippen LogP contribution in [0.5, 0.6) is 17.2 Å². The van der Waals surface area contributed by atoms with E-state index >= 15 is 0 Å². The van der Waals surface area contributed by atoms with E-state index in [0.29, 0.717) is 5.75 Å². The highest BCUT2D eigenvalue weighted by atomic mass is 16.5. The molecule has 140 valence electrons. The summed E-state index contributed by atoms with van der Waals surface area (Å²) in [5.41, 5.74) is 4.77. The van der Waals surface area contributed by atoms with Crippen LogP contribution in [0.4, 0.5) is 0 Å². The fraction of sp³-hybridized carbons (Fsp3) is 0.250. The van der Waals surface area contributed by atoms with E-state index in [9.17, 15) is 0 Å². The minimum atomic E-state index is 0.663. The number of methoxy groups -OCH3 is 3. The van der Waals surface area contributed by atoms with Gasteiger partial charge in [0.1, 0.15) is 0 Å². The average Bonchev–Trinajstić information content (AvgIpc) is 2.73. The molecule has 0 fully saturated rings. The van der Waals surface area contributed by atoms with Crippen LogP contribution in [-0.4, -0.2) is 21.3 Å². The largest absolute Gasteiger partial charge is 0.492 e. The first-order valence-electron chi connectivity index (χ1n) is 9.15. The summed E-state index contributed by atoms with van der Waals surface area (Å²) in [7, 11) is 5.02. The monoisotopic (exact) mass is 362 g/mol. The van der Waals surface area contributed by atoms with Crippen molar-refractivity contribution in [3.05, 3.63) is 89.0 Å². The molecule has 0 spiro atoms. The summed E-state index contributed by atoms with van der Waals surface area (Å²) in [4.78, 5) is 0. The predicted octanol–water partition coefficient (Wildman–Crippen LogP) is 5.09. The number of hydrogen-bond acceptors (Lipinski definition) is 3. The van der Waals surface area contributed by atoms with Crippen molar-refractivity contribution in [3.63, 3.8) is 0 Å². The molecule has 0 aliphatic heterocycles. The van der Waals surface area contributed by atoms with Crippen molar-refractivity contribution < 1.29 is 14.2 Å². The van der Waals surface area contributed by atoms with E-state index in [1.54, 1.807) is 21.3 Å². The first-order valence-corrected chi connectivity index (χ1v) is 9.15. The van der Waals surface area contributed by atoms with Crippen molar-refractivity contribution in [2.45, 2.75) is 19.3 Å². The zero-order valence-electron chi connectivity index (χ0n) is 16.2. The Morgan fingerprint density at radius 1 is 0.556 bits per heavy atom. The summed E-state index contributed by atoms with van der Waals surface area (Å²) in [5.74, 6) is 2.15. The van der Waals surface area contributed by atoms with Gasteiger partial charge in [0.25, 0.3) is 0 Å². The van der Waals surface area contributed by atoms with Crippen LogP contribution in [0, 0.1) is 0 Å². The maximum atomic E-state index is 5.70. The van der Waals surface area contributed by atoms with Crippen molar-refractivity contribution in [1.29, 1.82) is 0 Å². The summed E-state index contributed by atoms with van der Waals surface area (Å²) < 4.78 is 17.1. The van der Waals surface area contributed by atoms with Gasteiger partial charge in [0, 0.05) is 12.0 Å². The van der Waals surface area contributed by atoms with Crippen LogP contribution in [-0.2, 0) is 19.3 Å². The van der Waals surface area contributed by atoms with Gasteiger partial charge in [-0.3, -0.25) is 0 Å². The molecule has 0 atom stereocenters. The van der Waals surface area contributed by atoms with Crippen LogP contribution < -0.4 is 14.2 Å². The third-order valence-electron chi connectivity index (χ3n) is 4.72. The Bertz CT molecular complexity index is 858. The maximum Gasteiger partial charge on any atom is 0.203 e. The molecule has 3 nitrogen and oxygen atoms in total. The Labute approximate surface area is 161 Å². The molecule has 0 bridgehead atoms. The predicted molar refractivity (Wildman–Crippen MR) is 109 cm³/mol. The SMILES string of the molecule is COc1c(CCc2ccccc2)cc(Cc2ccccc2)c(OC)c1OC. The smallest absolute Gasteiger partial charge is 0.203 e. The number of aryl methyl sites for hydroxylation is 2. The van der Waals surface area contributed by atoms with E-state index in [1.807, 2.05) is 12.1 Å².